The van der Waals surface area contributed by atoms with Crippen molar-refractivity contribution >= 4 is 52.6 Å². The van der Waals surface area contributed by atoms with Crippen LogP contribution in [0.15, 0.2) is 41.5 Å². The Bertz CT molecular complexity index is 1170. The van der Waals surface area contributed by atoms with E-state index in [1.165, 1.54) is 30.5 Å². The van der Waals surface area contributed by atoms with Gasteiger partial charge in [0.2, 0.25) is 0 Å². The Labute approximate surface area is 219 Å². The van der Waals surface area contributed by atoms with Crippen LogP contribution in [0.25, 0.3) is 0 Å². The van der Waals surface area contributed by atoms with E-state index in [1.54, 1.807) is 26.0 Å². The summed E-state index contributed by atoms with van der Waals surface area (Å²) in [5, 5.41) is 18.9. The van der Waals surface area contributed by atoms with Crippen molar-refractivity contribution < 1.29 is 14.5 Å². The number of nitrogens with zero attached hydrogens (tertiary/aromatic N) is 4. The van der Waals surface area contributed by atoms with E-state index >= 15 is 0 Å². The molecule has 0 aromatic heterocycles. The van der Waals surface area contributed by atoms with Crippen molar-refractivity contribution in [2.75, 3.05) is 38.1 Å². The molecular weight excluding hydrogens is 507 g/mol. The average Bonchev–Trinajstić information content (AvgIpc) is 2.82. The van der Waals surface area contributed by atoms with Crippen molar-refractivity contribution in [2.45, 2.75) is 19.9 Å². The number of carbonyl (C=O) groups excluding carboxylic acids is 2. The zero-order valence-corrected chi connectivity index (χ0v) is 21.7. The first-order valence-electron chi connectivity index (χ1n) is 11.4. The summed E-state index contributed by atoms with van der Waals surface area (Å²) in [4.78, 5) is 40.8. The summed E-state index contributed by atoms with van der Waals surface area (Å²) in [5.74, 6) is -1.31. The van der Waals surface area contributed by atoms with Gasteiger partial charge in [0.1, 0.15) is 11.7 Å². The predicted molar refractivity (Wildman–Crippen MR) is 141 cm³/mol. The van der Waals surface area contributed by atoms with E-state index in [0.29, 0.717) is 29.4 Å². The van der Waals surface area contributed by atoms with E-state index in [1.807, 2.05) is 11.9 Å². The number of likely N-dealkylation sites (N-methyl/N-ethyl adjacent to an activating group) is 1. The van der Waals surface area contributed by atoms with Gasteiger partial charge in [-0.25, -0.2) is 5.43 Å². The number of hydrogen-bond acceptors (Lipinski definition) is 7. The van der Waals surface area contributed by atoms with Crippen LogP contribution in [0.4, 0.5) is 11.4 Å². The average molecular weight is 535 g/mol. The molecular formula is C24H28Cl2N6O4. The van der Waals surface area contributed by atoms with E-state index in [-0.39, 0.29) is 22.2 Å². The van der Waals surface area contributed by atoms with Gasteiger partial charge in [0.05, 0.1) is 21.7 Å². The number of nitro benzene ring substituents is 1. The largest absolute Gasteiger partial charge is 0.363 e. The number of piperazine rings is 1. The second-order valence-electron chi connectivity index (χ2n) is 8.85. The third-order valence-corrected chi connectivity index (χ3v) is 6.39. The van der Waals surface area contributed by atoms with Crippen molar-refractivity contribution in [3.8, 4) is 0 Å². The number of nitro groups is 1. The molecule has 3 rings (SSSR count). The molecule has 0 saturated carbocycles. The molecule has 1 unspecified atom stereocenters. The minimum Gasteiger partial charge on any atom is -0.363 e. The van der Waals surface area contributed by atoms with Crippen LogP contribution in [-0.4, -0.2) is 67.1 Å². The second-order valence-corrected chi connectivity index (χ2v) is 9.69. The first-order valence-corrected chi connectivity index (χ1v) is 12.1. The van der Waals surface area contributed by atoms with Crippen LogP contribution in [0.3, 0.4) is 0 Å². The Morgan fingerprint density at radius 1 is 1.11 bits per heavy atom. The molecule has 0 bridgehead atoms. The summed E-state index contributed by atoms with van der Waals surface area (Å²) >= 11 is 12.0. The fourth-order valence-electron chi connectivity index (χ4n) is 3.75. The van der Waals surface area contributed by atoms with Crippen LogP contribution in [0.1, 0.15) is 29.8 Å². The van der Waals surface area contributed by atoms with Crippen LogP contribution in [-0.2, 0) is 4.79 Å². The standard InChI is InChI=1S/C24H28Cl2N6O4/c1-15(2)22(28-23(33)18-6-5-17(25)13-19(18)26)24(34)29-27-14-16-4-7-20(21(12-16)32(35)36)31-10-8-30(3)9-11-31/h4-7,12-15,22H,8-11H2,1-3H3,(H,28,33)(H,29,34)/b27-14-. The van der Waals surface area contributed by atoms with Crippen molar-refractivity contribution in [3.63, 3.8) is 0 Å². The summed E-state index contributed by atoms with van der Waals surface area (Å²) in [7, 11) is 2.02. The van der Waals surface area contributed by atoms with E-state index in [0.717, 1.165) is 13.1 Å². The summed E-state index contributed by atoms with van der Waals surface area (Å²) in [5.41, 5.74) is 3.58. The summed E-state index contributed by atoms with van der Waals surface area (Å²) in [6.07, 6.45) is 1.33. The lowest BCUT2D eigenvalue weighted by Gasteiger charge is -2.33. The van der Waals surface area contributed by atoms with Gasteiger partial charge >= 0.3 is 0 Å². The fraction of sp³-hybridized carbons (Fsp3) is 0.375. The molecule has 1 aliphatic rings. The smallest absolute Gasteiger partial charge is 0.293 e. The van der Waals surface area contributed by atoms with Crippen molar-refractivity contribution in [3.05, 3.63) is 67.7 Å². The molecule has 192 valence electrons. The molecule has 2 aromatic carbocycles. The topological polar surface area (TPSA) is 120 Å². The Morgan fingerprint density at radius 3 is 2.42 bits per heavy atom. The van der Waals surface area contributed by atoms with Crippen molar-refractivity contribution in [2.24, 2.45) is 11.0 Å². The number of carbonyl (C=O) groups is 2. The number of hydrogen-bond donors (Lipinski definition) is 2. The van der Waals surface area contributed by atoms with Crippen LogP contribution in [0.5, 0.6) is 0 Å². The minimum atomic E-state index is -0.893. The number of rotatable bonds is 8. The van der Waals surface area contributed by atoms with E-state index in [2.05, 4.69) is 20.7 Å². The monoisotopic (exact) mass is 534 g/mol. The maximum Gasteiger partial charge on any atom is 0.293 e. The molecule has 2 aromatic rings. The maximum absolute atomic E-state index is 12.7. The van der Waals surface area contributed by atoms with Crippen molar-refractivity contribution in [1.82, 2.24) is 15.6 Å². The van der Waals surface area contributed by atoms with Crippen LogP contribution >= 0.6 is 23.2 Å². The minimum absolute atomic E-state index is 0.0259. The third kappa shape index (κ3) is 6.93. The second kappa shape index (κ2) is 12.2. The van der Waals surface area contributed by atoms with Gasteiger partial charge in [0.25, 0.3) is 17.5 Å². The van der Waals surface area contributed by atoms with Crippen LogP contribution < -0.4 is 15.6 Å². The number of benzene rings is 2. The molecule has 1 atom stereocenters. The Morgan fingerprint density at radius 2 is 1.81 bits per heavy atom. The quantitative estimate of drug-likeness (QED) is 0.303. The predicted octanol–water partition coefficient (Wildman–Crippen LogP) is 3.56. The highest BCUT2D eigenvalue weighted by Gasteiger charge is 2.26. The molecule has 2 amide bonds. The van der Waals surface area contributed by atoms with Gasteiger partial charge in [-0.15, -0.1) is 0 Å². The summed E-state index contributed by atoms with van der Waals surface area (Å²) < 4.78 is 0. The molecule has 0 radical (unpaired) electrons. The Hall–Kier alpha value is -3.21. The Balaban J connectivity index is 1.68. The normalized spacial score (nSPS) is 15.2. The number of hydrazone groups is 1. The van der Waals surface area contributed by atoms with Crippen molar-refractivity contribution in [1.29, 1.82) is 0 Å². The zero-order valence-electron chi connectivity index (χ0n) is 20.2. The lowest BCUT2D eigenvalue weighted by molar-refractivity contribution is -0.384. The lowest BCUT2D eigenvalue weighted by Crippen LogP contribution is -2.48. The molecule has 1 fully saturated rings. The number of halogens is 2. The highest BCUT2D eigenvalue weighted by Crippen LogP contribution is 2.29. The number of amides is 2. The molecule has 0 aliphatic carbocycles. The number of nitrogens with one attached hydrogen (secondary N) is 2. The van der Waals surface area contributed by atoms with E-state index < -0.39 is 22.8 Å². The number of anilines is 1. The highest BCUT2D eigenvalue weighted by atomic mass is 35.5. The molecule has 0 spiro atoms. The summed E-state index contributed by atoms with van der Waals surface area (Å²) in [6, 6.07) is 8.39. The lowest BCUT2D eigenvalue weighted by atomic mass is 10.0. The molecule has 36 heavy (non-hydrogen) atoms. The van der Waals surface area contributed by atoms with Gasteiger partial charge in [-0.3, -0.25) is 19.7 Å². The maximum atomic E-state index is 12.7. The highest BCUT2D eigenvalue weighted by molar-refractivity contribution is 6.36. The van der Waals surface area contributed by atoms with Crippen LogP contribution in [0, 0.1) is 16.0 Å². The third-order valence-electron chi connectivity index (χ3n) is 5.84. The Kier molecular flexibility index (Phi) is 9.25. The summed E-state index contributed by atoms with van der Waals surface area (Å²) in [6.45, 7) is 6.60. The molecule has 12 heteroatoms. The fourth-order valence-corrected chi connectivity index (χ4v) is 4.24. The molecule has 2 N–H and O–H groups in total. The van der Waals surface area contributed by atoms with Gasteiger partial charge in [0, 0.05) is 42.8 Å². The SMILES string of the molecule is CC(C)C(NC(=O)c1ccc(Cl)cc1Cl)C(=O)N/N=C\c1ccc(N2CCN(C)CC2)c([N+](=O)[O-])c1. The first kappa shape index (κ1) is 27.4. The van der Waals surface area contributed by atoms with E-state index in [4.69, 9.17) is 23.2 Å². The zero-order chi connectivity index (χ0) is 26.4. The molecule has 1 aliphatic heterocycles. The molecule has 1 heterocycles. The van der Waals surface area contributed by atoms with Gasteiger partial charge in [-0.1, -0.05) is 43.1 Å². The van der Waals surface area contributed by atoms with Gasteiger partial charge in [0.15, 0.2) is 0 Å². The van der Waals surface area contributed by atoms with Gasteiger partial charge in [-0.2, -0.15) is 5.10 Å². The first-order chi connectivity index (χ1) is 17.1. The molecule has 10 nitrogen and oxygen atoms in total. The van der Waals surface area contributed by atoms with Crippen LogP contribution in [0.2, 0.25) is 10.0 Å². The molecule has 1 saturated heterocycles. The van der Waals surface area contributed by atoms with E-state index in [9.17, 15) is 19.7 Å². The van der Waals surface area contributed by atoms with Gasteiger partial charge < -0.3 is 15.1 Å². The van der Waals surface area contributed by atoms with Gasteiger partial charge in [-0.05, 0) is 37.2 Å².